The standard InChI is InChI=1S/C37H30N2O2/c1-26-32-19-11-12-20-35(32)41-37(40)36(26)33(29-15-7-3-8-16-29)25-34(39-38-31-17-9-4-10-18-31)30-23-21-28(22-24-30)27-13-5-2-6-14-27/h2-24,33,38H,25H2,1H3/b39-34-. The molecule has 0 aliphatic rings. The van der Waals surface area contributed by atoms with Crippen molar-refractivity contribution in [3.63, 3.8) is 0 Å². The molecule has 1 N–H and O–H groups in total. The zero-order valence-corrected chi connectivity index (χ0v) is 22.8. The minimum Gasteiger partial charge on any atom is -0.422 e. The van der Waals surface area contributed by atoms with Crippen LogP contribution in [0.25, 0.3) is 22.1 Å². The van der Waals surface area contributed by atoms with Gasteiger partial charge in [0, 0.05) is 23.3 Å². The maximum Gasteiger partial charge on any atom is 0.340 e. The van der Waals surface area contributed by atoms with Crippen LogP contribution in [0.15, 0.2) is 154 Å². The van der Waals surface area contributed by atoms with Gasteiger partial charge in [-0.2, -0.15) is 5.10 Å². The number of hydrogen-bond donors (Lipinski definition) is 1. The second kappa shape index (κ2) is 11.9. The molecule has 0 amide bonds. The lowest BCUT2D eigenvalue weighted by Crippen LogP contribution is -2.20. The number of para-hydroxylation sites is 2. The van der Waals surface area contributed by atoms with Crippen LogP contribution in [0.3, 0.4) is 0 Å². The molecule has 0 aliphatic heterocycles. The van der Waals surface area contributed by atoms with Crippen LogP contribution < -0.4 is 11.1 Å². The van der Waals surface area contributed by atoms with Crippen LogP contribution in [0.2, 0.25) is 0 Å². The summed E-state index contributed by atoms with van der Waals surface area (Å²) in [5, 5.41) is 5.85. The fourth-order valence-electron chi connectivity index (χ4n) is 5.35. The number of benzene rings is 5. The van der Waals surface area contributed by atoms with Crippen LogP contribution in [-0.4, -0.2) is 5.71 Å². The third-order valence-electron chi connectivity index (χ3n) is 7.48. The highest BCUT2D eigenvalue weighted by molar-refractivity contribution is 6.02. The molecule has 4 heteroatoms. The number of hydrogen-bond acceptors (Lipinski definition) is 4. The molecule has 0 spiro atoms. The van der Waals surface area contributed by atoms with Crippen molar-refractivity contribution in [3.05, 3.63) is 172 Å². The summed E-state index contributed by atoms with van der Waals surface area (Å²) in [6.45, 7) is 2.01. The van der Waals surface area contributed by atoms with E-state index in [1.54, 1.807) is 0 Å². The first-order valence-corrected chi connectivity index (χ1v) is 13.8. The fraction of sp³-hybridized carbons (Fsp3) is 0.0811. The van der Waals surface area contributed by atoms with Crippen molar-refractivity contribution in [1.82, 2.24) is 0 Å². The van der Waals surface area contributed by atoms with E-state index in [0.717, 1.165) is 44.6 Å². The topological polar surface area (TPSA) is 54.6 Å². The number of hydrazone groups is 1. The Hall–Kier alpha value is -5.22. The molecule has 6 rings (SSSR count). The Balaban J connectivity index is 1.46. The van der Waals surface area contributed by atoms with E-state index in [1.165, 1.54) is 0 Å². The van der Waals surface area contributed by atoms with Crippen LogP contribution in [-0.2, 0) is 0 Å². The van der Waals surface area contributed by atoms with Gasteiger partial charge in [0.05, 0.1) is 11.4 Å². The van der Waals surface area contributed by atoms with Gasteiger partial charge in [0.25, 0.3) is 0 Å². The van der Waals surface area contributed by atoms with Crippen molar-refractivity contribution >= 4 is 22.4 Å². The molecule has 41 heavy (non-hydrogen) atoms. The monoisotopic (exact) mass is 534 g/mol. The number of fused-ring (bicyclic) bond motifs is 1. The summed E-state index contributed by atoms with van der Waals surface area (Å²) in [6, 6.07) is 46.5. The summed E-state index contributed by atoms with van der Waals surface area (Å²) in [7, 11) is 0. The fourth-order valence-corrected chi connectivity index (χ4v) is 5.35. The van der Waals surface area contributed by atoms with Gasteiger partial charge in [-0.15, -0.1) is 0 Å². The molecule has 1 unspecified atom stereocenters. The summed E-state index contributed by atoms with van der Waals surface area (Å²) < 4.78 is 5.85. The SMILES string of the molecule is Cc1c(C(C/C(=N/Nc2ccccc2)c2ccc(-c3ccccc3)cc2)c2ccccc2)c(=O)oc2ccccc12. The smallest absolute Gasteiger partial charge is 0.340 e. The maximum atomic E-state index is 13.5. The van der Waals surface area contributed by atoms with E-state index in [0.29, 0.717) is 17.6 Å². The largest absolute Gasteiger partial charge is 0.422 e. The molecule has 0 fully saturated rings. The van der Waals surface area contributed by atoms with Crippen LogP contribution in [0.4, 0.5) is 5.69 Å². The first-order chi connectivity index (χ1) is 20.2. The molecular formula is C37H30N2O2. The van der Waals surface area contributed by atoms with Crippen LogP contribution in [0.1, 0.15) is 34.6 Å². The third kappa shape index (κ3) is 5.73. The van der Waals surface area contributed by atoms with Gasteiger partial charge in [-0.25, -0.2) is 4.79 Å². The zero-order valence-electron chi connectivity index (χ0n) is 22.8. The molecule has 0 saturated heterocycles. The lowest BCUT2D eigenvalue weighted by Gasteiger charge is -2.21. The molecule has 0 bridgehead atoms. The number of anilines is 1. The van der Waals surface area contributed by atoms with Crippen molar-refractivity contribution in [3.8, 4) is 11.1 Å². The van der Waals surface area contributed by atoms with Gasteiger partial charge in [-0.3, -0.25) is 5.43 Å². The molecule has 6 aromatic rings. The number of aryl methyl sites for hydroxylation is 1. The van der Waals surface area contributed by atoms with E-state index in [9.17, 15) is 4.79 Å². The molecule has 1 aromatic heterocycles. The molecule has 0 radical (unpaired) electrons. The third-order valence-corrected chi connectivity index (χ3v) is 7.48. The Bertz CT molecular complexity index is 1840. The van der Waals surface area contributed by atoms with Crippen LogP contribution in [0.5, 0.6) is 0 Å². The molecule has 1 atom stereocenters. The minimum absolute atomic E-state index is 0.262. The average molecular weight is 535 g/mol. The number of nitrogens with one attached hydrogen (secondary N) is 1. The molecule has 0 aliphatic carbocycles. The van der Waals surface area contributed by atoms with Gasteiger partial charge in [-0.1, -0.05) is 121 Å². The van der Waals surface area contributed by atoms with Crippen molar-refractivity contribution in [1.29, 1.82) is 0 Å². The second-order valence-corrected chi connectivity index (χ2v) is 10.1. The van der Waals surface area contributed by atoms with E-state index in [2.05, 4.69) is 54.0 Å². The second-order valence-electron chi connectivity index (χ2n) is 10.1. The van der Waals surface area contributed by atoms with E-state index in [-0.39, 0.29) is 11.5 Å². The van der Waals surface area contributed by atoms with Crippen LogP contribution in [0, 0.1) is 6.92 Å². The van der Waals surface area contributed by atoms with E-state index in [4.69, 9.17) is 9.52 Å². The van der Waals surface area contributed by atoms with Gasteiger partial charge >= 0.3 is 5.63 Å². The Labute approximate surface area is 239 Å². The highest BCUT2D eigenvalue weighted by Gasteiger charge is 2.25. The summed E-state index contributed by atoms with van der Waals surface area (Å²) in [5.74, 6) is -0.262. The lowest BCUT2D eigenvalue weighted by molar-refractivity contribution is 0.542. The van der Waals surface area contributed by atoms with Crippen molar-refractivity contribution in [2.45, 2.75) is 19.3 Å². The minimum atomic E-state index is -0.315. The first-order valence-electron chi connectivity index (χ1n) is 13.8. The van der Waals surface area contributed by atoms with Gasteiger partial charge < -0.3 is 4.42 Å². The highest BCUT2D eigenvalue weighted by atomic mass is 16.4. The van der Waals surface area contributed by atoms with Crippen LogP contribution >= 0.6 is 0 Å². The van der Waals surface area contributed by atoms with E-state index in [1.807, 2.05) is 97.9 Å². The van der Waals surface area contributed by atoms with Crippen molar-refractivity contribution < 1.29 is 4.42 Å². The van der Waals surface area contributed by atoms with Crippen molar-refractivity contribution in [2.75, 3.05) is 5.43 Å². The molecular weight excluding hydrogens is 504 g/mol. The summed E-state index contributed by atoms with van der Waals surface area (Å²) in [5.41, 5.74) is 11.2. The van der Waals surface area contributed by atoms with Gasteiger partial charge in [0.2, 0.25) is 0 Å². The van der Waals surface area contributed by atoms with Crippen molar-refractivity contribution in [2.24, 2.45) is 5.10 Å². The Morgan fingerprint density at radius 2 is 1.29 bits per heavy atom. The van der Waals surface area contributed by atoms with Gasteiger partial charge in [-0.05, 0) is 52.9 Å². The van der Waals surface area contributed by atoms with Gasteiger partial charge in [0.15, 0.2) is 0 Å². The number of rotatable bonds is 8. The van der Waals surface area contributed by atoms with E-state index < -0.39 is 0 Å². The Morgan fingerprint density at radius 1 is 0.707 bits per heavy atom. The summed E-state index contributed by atoms with van der Waals surface area (Å²) in [4.78, 5) is 13.5. The predicted molar refractivity (Wildman–Crippen MR) is 169 cm³/mol. The lowest BCUT2D eigenvalue weighted by atomic mass is 9.83. The predicted octanol–water partition coefficient (Wildman–Crippen LogP) is 8.81. The molecule has 5 aromatic carbocycles. The molecule has 4 nitrogen and oxygen atoms in total. The maximum absolute atomic E-state index is 13.5. The normalized spacial score (nSPS) is 12.3. The number of nitrogens with zero attached hydrogens (tertiary/aromatic N) is 1. The summed E-state index contributed by atoms with van der Waals surface area (Å²) >= 11 is 0. The first kappa shape index (κ1) is 26.0. The summed E-state index contributed by atoms with van der Waals surface area (Å²) in [6.07, 6.45) is 0.498. The highest BCUT2D eigenvalue weighted by Crippen LogP contribution is 2.33. The van der Waals surface area contributed by atoms with Gasteiger partial charge in [0.1, 0.15) is 5.58 Å². The van der Waals surface area contributed by atoms with E-state index >= 15 is 0 Å². The Kier molecular flexibility index (Phi) is 7.55. The quantitative estimate of drug-likeness (QED) is 0.121. The average Bonchev–Trinajstić information content (AvgIpc) is 3.03. The molecule has 0 saturated carbocycles. The molecule has 200 valence electrons. The molecule has 1 heterocycles. The Morgan fingerprint density at radius 3 is 2.00 bits per heavy atom. The zero-order chi connectivity index (χ0) is 28.0.